The van der Waals surface area contributed by atoms with E-state index < -0.39 is 0 Å². The van der Waals surface area contributed by atoms with Crippen LogP contribution in [-0.2, 0) is 19.4 Å². The van der Waals surface area contributed by atoms with Crippen LogP contribution in [0, 0.1) is 5.92 Å². The van der Waals surface area contributed by atoms with Crippen LogP contribution in [-0.4, -0.2) is 35.8 Å². The number of rotatable bonds is 4. The number of carbonyl (C=O) groups excluding carboxylic acids is 2. The van der Waals surface area contributed by atoms with E-state index >= 15 is 0 Å². The predicted octanol–water partition coefficient (Wildman–Crippen LogP) is 3.92. The first-order chi connectivity index (χ1) is 14.0. The van der Waals surface area contributed by atoms with Crippen LogP contribution in [0.4, 0.5) is 0 Å². The van der Waals surface area contributed by atoms with Crippen molar-refractivity contribution in [3.05, 3.63) is 70.4 Å². The summed E-state index contributed by atoms with van der Waals surface area (Å²) in [6, 6.07) is 13.3. The standard InChI is InChI=1S/C24H27N3O2/c1-15-4-10-21-19(12-15)20-13-18(9-11-22(20)26-21)24(29)27(3)14-16-5-7-17(8-6-16)23(28)25-2/h5-9,11,13,15,26H,4,10,12,14H2,1-3H3,(H,25,28)/t15-/m1/s1. The molecule has 0 fully saturated rings. The topological polar surface area (TPSA) is 65.2 Å². The molecular formula is C24H27N3O2. The Morgan fingerprint density at radius 2 is 1.86 bits per heavy atom. The first kappa shape index (κ1) is 19.2. The van der Waals surface area contributed by atoms with Gasteiger partial charge in [-0.15, -0.1) is 0 Å². The lowest BCUT2D eigenvalue weighted by molar-refractivity contribution is 0.0784. The van der Waals surface area contributed by atoms with Crippen LogP contribution in [0.25, 0.3) is 10.9 Å². The fourth-order valence-corrected chi connectivity index (χ4v) is 4.20. The molecule has 0 bridgehead atoms. The average molecular weight is 389 g/mol. The Hall–Kier alpha value is -3.08. The van der Waals surface area contributed by atoms with Crippen LogP contribution in [0.2, 0.25) is 0 Å². The second kappa shape index (κ2) is 7.74. The van der Waals surface area contributed by atoms with E-state index in [1.165, 1.54) is 23.1 Å². The number of aryl methyl sites for hydroxylation is 1. The highest BCUT2D eigenvalue weighted by Gasteiger charge is 2.21. The quantitative estimate of drug-likeness (QED) is 0.710. The Bertz CT molecular complexity index is 1070. The number of benzene rings is 2. The first-order valence-electron chi connectivity index (χ1n) is 10.2. The number of amides is 2. The molecule has 150 valence electrons. The van der Waals surface area contributed by atoms with Gasteiger partial charge in [0, 0.05) is 48.4 Å². The maximum atomic E-state index is 13.0. The van der Waals surface area contributed by atoms with Crippen molar-refractivity contribution in [3.8, 4) is 0 Å². The zero-order valence-electron chi connectivity index (χ0n) is 17.2. The van der Waals surface area contributed by atoms with E-state index in [1.54, 1.807) is 24.1 Å². The summed E-state index contributed by atoms with van der Waals surface area (Å²) in [4.78, 5) is 29.9. The molecule has 0 saturated heterocycles. The minimum atomic E-state index is -0.113. The molecule has 1 atom stereocenters. The summed E-state index contributed by atoms with van der Waals surface area (Å²) in [5, 5.41) is 3.79. The van der Waals surface area contributed by atoms with Crippen molar-refractivity contribution in [1.82, 2.24) is 15.2 Å². The van der Waals surface area contributed by atoms with Gasteiger partial charge in [0.15, 0.2) is 0 Å². The third-order valence-corrected chi connectivity index (χ3v) is 5.89. The molecule has 1 aliphatic carbocycles. The van der Waals surface area contributed by atoms with Crippen LogP contribution in [0.3, 0.4) is 0 Å². The summed E-state index contributed by atoms with van der Waals surface area (Å²) in [6.07, 6.45) is 3.37. The Morgan fingerprint density at radius 3 is 2.59 bits per heavy atom. The van der Waals surface area contributed by atoms with Gasteiger partial charge in [-0.3, -0.25) is 9.59 Å². The minimum absolute atomic E-state index is 0.00101. The first-order valence-corrected chi connectivity index (χ1v) is 10.2. The third kappa shape index (κ3) is 3.77. The maximum absolute atomic E-state index is 13.0. The van der Waals surface area contributed by atoms with E-state index in [9.17, 15) is 9.59 Å². The third-order valence-electron chi connectivity index (χ3n) is 5.89. The van der Waals surface area contributed by atoms with Crippen molar-refractivity contribution in [1.29, 1.82) is 0 Å². The molecule has 0 spiro atoms. The van der Waals surface area contributed by atoms with Gasteiger partial charge in [-0.2, -0.15) is 0 Å². The Kier molecular flexibility index (Phi) is 5.14. The fourth-order valence-electron chi connectivity index (χ4n) is 4.20. The molecule has 4 rings (SSSR count). The Labute approximate surface area is 171 Å². The molecule has 2 amide bonds. The minimum Gasteiger partial charge on any atom is -0.358 e. The Balaban J connectivity index is 1.53. The maximum Gasteiger partial charge on any atom is 0.253 e. The van der Waals surface area contributed by atoms with E-state index in [2.05, 4.69) is 17.2 Å². The van der Waals surface area contributed by atoms with E-state index in [1.807, 2.05) is 37.4 Å². The van der Waals surface area contributed by atoms with Crippen molar-refractivity contribution in [2.45, 2.75) is 32.7 Å². The number of carbonyl (C=O) groups is 2. The molecule has 29 heavy (non-hydrogen) atoms. The summed E-state index contributed by atoms with van der Waals surface area (Å²) >= 11 is 0. The van der Waals surface area contributed by atoms with Crippen LogP contribution in [0.5, 0.6) is 0 Å². The highest BCUT2D eigenvalue weighted by atomic mass is 16.2. The number of H-pyrrole nitrogens is 1. The summed E-state index contributed by atoms with van der Waals surface area (Å²) in [6.45, 7) is 2.78. The number of nitrogens with one attached hydrogen (secondary N) is 2. The molecule has 5 nitrogen and oxygen atoms in total. The van der Waals surface area contributed by atoms with Crippen molar-refractivity contribution in [2.24, 2.45) is 5.92 Å². The monoisotopic (exact) mass is 389 g/mol. The van der Waals surface area contributed by atoms with Crippen LogP contribution in [0.1, 0.15) is 50.9 Å². The van der Waals surface area contributed by atoms with Crippen LogP contribution >= 0.6 is 0 Å². The van der Waals surface area contributed by atoms with Crippen LogP contribution in [0.15, 0.2) is 42.5 Å². The number of aromatic nitrogens is 1. The van der Waals surface area contributed by atoms with Gasteiger partial charge < -0.3 is 15.2 Å². The van der Waals surface area contributed by atoms with Crippen LogP contribution < -0.4 is 5.32 Å². The summed E-state index contributed by atoms with van der Waals surface area (Å²) in [5.74, 6) is 0.570. The molecular weight excluding hydrogens is 362 g/mol. The highest BCUT2D eigenvalue weighted by Crippen LogP contribution is 2.32. The normalized spacial score (nSPS) is 15.8. The van der Waals surface area contributed by atoms with Gasteiger partial charge in [-0.1, -0.05) is 19.1 Å². The SMILES string of the molecule is CNC(=O)c1ccc(CN(C)C(=O)c2ccc3[nH]c4c(c3c2)C[C@H](C)CC4)cc1. The number of aromatic amines is 1. The molecule has 1 aliphatic rings. The molecule has 0 saturated carbocycles. The van der Waals surface area contributed by atoms with Gasteiger partial charge in [-0.25, -0.2) is 0 Å². The molecule has 2 N–H and O–H groups in total. The molecule has 0 radical (unpaired) electrons. The van der Waals surface area contributed by atoms with Crippen molar-refractivity contribution >= 4 is 22.7 Å². The second-order valence-electron chi connectivity index (χ2n) is 8.13. The smallest absolute Gasteiger partial charge is 0.253 e. The van der Waals surface area contributed by atoms with E-state index in [4.69, 9.17) is 0 Å². The zero-order valence-corrected chi connectivity index (χ0v) is 17.2. The predicted molar refractivity (Wildman–Crippen MR) is 115 cm³/mol. The number of nitrogens with zero attached hydrogens (tertiary/aromatic N) is 1. The number of fused-ring (bicyclic) bond motifs is 3. The molecule has 5 heteroatoms. The van der Waals surface area contributed by atoms with Crippen molar-refractivity contribution < 1.29 is 9.59 Å². The van der Waals surface area contributed by atoms with E-state index in [0.29, 0.717) is 23.6 Å². The summed E-state index contributed by atoms with van der Waals surface area (Å²) in [5.41, 5.74) is 6.13. The van der Waals surface area contributed by atoms with Gasteiger partial charge in [-0.05, 0) is 66.6 Å². The molecule has 0 unspecified atom stereocenters. The number of hydrogen-bond donors (Lipinski definition) is 2. The Morgan fingerprint density at radius 1 is 1.14 bits per heavy atom. The molecule has 2 aromatic carbocycles. The van der Waals surface area contributed by atoms with Crippen molar-refractivity contribution in [3.63, 3.8) is 0 Å². The van der Waals surface area contributed by atoms with Gasteiger partial charge in [0.2, 0.25) is 0 Å². The van der Waals surface area contributed by atoms with Gasteiger partial charge in [0.05, 0.1) is 0 Å². The molecule has 0 aliphatic heterocycles. The van der Waals surface area contributed by atoms with Gasteiger partial charge in [0.25, 0.3) is 11.8 Å². The molecule has 1 heterocycles. The summed E-state index contributed by atoms with van der Waals surface area (Å²) < 4.78 is 0. The molecule has 1 aromatic heterocycles. The van der Waals surface area contributed by atoms with Gasteiger partial charge in [0.1, 0.15) is 0 Å². The summed E-state index contributed by atoms with van der Waals surface area (Å²) in [7, 11) is 3.43. The lowest BCUT2D eigenvalue weighted by atomic mass is 9.87. The zero-order chi connectivity index (χ0) is 20.5. The van der Waals surface area contributed by atoms with Crippen molar-refractivity contribution in [2.75, 3.05) is 14.1 Å². The second-order valence-corrected chi connectivity index (χ2v) is 8.13. The largest absolute Gasteiger partial charge is 0.358 e. The van der Waals surface area contributed by atoms with E-state index in [-0.39, 0.29) is 11.8 Å². The fraction of sp³-hybridized carbons (Fsp3) is 0.333. The lowest BCUT2D eigenvalue weighted by Crippen LogP contribution is -2.26. The lowest BCUT2D eigenvalue weighted by Gasteiger charge is -2.19. The van der Waals surface area contributed by atoms with E-state index in [0.717, 1.165) is 23.9 Å². The molecule has 3 aromatic rings. The highest BCUT2D eigenvalue weighted by molar-refractivity contribution is 5.99. The average Bonchev–Trinajstić information content (AvgIpc) is 3.10. The van der Waals surface area contributed by atoms with Gasteiger partial charge >= 0.3 is 0 Å². The number of hydrogen-bond acceptors (Lipinski definition) is 2.